The van der Waals surface area contributed by atoms with Crippen molar-refractivity contribution < 1.29 is 9.72 Å². The van der Waals surface area contributed by atoms with Crippen molar-refractivity contribution in [3.8, 4) is 0 Å². The molecule has 6 heteroatoms. The molecule has 0 amide bonds. The van der Waals surface area contributed by atoms with Crippen LogP contribution in [0.25, 0.3) is 0 Å². The fraction of sp³-hybridized carbons (Fsp3) is 0.125. The van der Waals surface area contributed by atoms with Crippen LogP contribution in [0.2, 0.25) is 5.02 Å². The van der Waals surface area contributed by atoms with Gasteiger partial charge >= 0.3 is 0 Å². The molecule has 0 heterocycles. The number of nitrogens with zero attached hydrogens (tertiary/aromatic N) is 1. The first kappa shape index (κ1) is 11.4. The molecular formula is C8H5ClINO3. The molecule has 0 atom stereocenters. The van der Waals surface area contributed by atoms with E-state index in [0.717, 1.165) is 0 Å². The van der Waals surface area contributed by atoms with Gasteiger partial charge in [-0.3, -0.25) is 14.9 Å². The Morgan fingerprint density at radius 3 is 2.57 bits per heavy atom. The Balaban J connectivity index is 3.52. The summed E-state index contributed by atoms with van der Waals surface area (Å²) in [5, 5.41) is 11.0. The smallest absolute Gasteiger partial charge is 0.293 e. The van der Waals surface area contributed by atoms with Crippen LogP contribution in [0.15, 0.2) is 12.1 Å². The van der Waals surface area contributed by atoms with Crippen LogP contribution in [-0.4, -0.2) is 10.7 Å². The quantitative estimate of drug-likeness (QED) is 0.363. The average molecular weight is 325 g/mol. The first-order chi connectivity index (χ1) is 6.43. The number of benzene rings is 1. The van der Waals surface area contributed by atoms with Crippen molar-refractivity contribution in [2.24, 2.45) is 0 Å². The molecule has 0 saturated carbocycles. The molecule has 74 valence electrons. The Morgan fingerprint density at radius 1 is 1.57 bits per heavy atom. The highest BCUT2D eigenvalue weighted by Gasteiger charge is 2.21. The molecule has 0 aliphatic heterocycles. The summed E-state index contributed by atoms with van der Waals surface area (Å²) in [5.41, 5.74) is -0.130. The zero-order valence-electron chi connectivity index (χ0n) is 7.08. The molecule has 1 aromatic carbocycles. The second-order valence-electron chi connectivity index (χ2n) is 2.60. The summed E-state index contributed by atoms with van der Waals surface area (Å²) in [6.07, 6.45) is 0. The molecule has 0 aromatic heterocycles. The first-order valence-electron chi connectivity index (χ1n) is 3.58. The second-order valence-corrected chi connectivity index (χ2v) is 4.20. The maximum Gasteiger partial charge on any atom is 0.293 e. The van der Waals surface area contributed by atoms with Gasteiger partial charge in [-0.25, -0.2) is 0 Å². The predicted molar refractivity (Wildman–Crippen MR) is 60.8 cm³/mol. The van der Waals surface area contributed by atoms with E-state index in [0.29, 0.717) is 8.59 Å². The Labute approximate surface area is 98.5 Å². The molecule has 0 unspecified atom stereocenters. The van der Waals surface area contributed by atoms with Gasteiger partial charge in [0.05, 0.1) is 14.1 Å². The Hall–Kier alpha value is -0.690. The number of rotatable bonds is 2. The first-order valence-corrected chi connectivity index (χ1v) is 5.03. The van der Waals surface area contributed by atoms with Gasteiger partial charge in [0.1, 0.15) is 0 Å². The van der Waals surface area contributed by atoms with Gasteiger partial charge in [-0.1, -0.05) is 11.6 Å². The maximum absolute atomic E-state index is 11.1. The lowest BCUT2D eigenvalue weighted by Crippen LogP contribution is -2.02. The minimum absolute atomic E-state index is 0.0481. The van der Waals surface area contributed by atoms with Crippen molar-refractivity contribution in [3.05, 3.63) is 36.4 Å². The van der Waals surface area contributed by atoms with E-state index in [1.807, 2.05) is 0 Å². The summed E-state index contributed by atoms with van der Waals surface area (Å²) in [7, 11) is 0. The van der Waals surface area contributed by atoms with Crippen LogP contribution in [0.4, 0.5) is 5.69 Å². The van der Waals surface area contributed by atoms with Crippen molar-refractivity contribution >= 4 is 45.7 Å². The average Bonchev–Trinajstić information content (AvgIpc) is 2.01. The van der Waals surface area contributed by atoms with Crippen molar-refractivity contribution in [2.75, 3.05) is 0 Å². The monoisotopic (exact) mass is 325 g/mol. The zero-order chi connectivity index (χ0) is 10.9. The number of carbonyl (C=O) groups is 1. The van der Waals surface area contributed by atoms with E-state index < -0.39 is 4.92 Å². The number of ketones is 1. The molecule has 0 bridgehead atoms. The molecule has 0 radical (unpaired) electrons. The number of nitro groups is 1. The van der Waals surface area contributed by atoms with E-state index in [4.69, 9.17) is 11.6 Å². The van der Waals surface area contributed by atoms with Crippen LogP contribution >= 0.6 is 34.2 Å². The summed E-state index contributed by atoms with van der Waals surface area (Å²) in [5.74, 6) is -0.364. The highest BCUT2D eigenvalue weighted by Crippen LogP contribution is 2.29. The number of hydrogen-bond acceptors (Lipinski definition) is 3. The van der Waals surface area contributed by atoms with E-state index in [9.17, 15) is 14.9 Å². The van der Waals surface area contributed by atoms with E-state index in [1.165, 1.54) is 19.1 Å². The number of carbonyl (C=O) groups excluding carboxylic acids is 1. The molecule has 1 rings (SSSR count). The molecule has 0 fully saturated rings. The van der Waals surface area contributed by atoms with Gasteiger partial charge < -0.3 is 0 Å². The number of hydrogen-bond donors (Lipinski definition) is 0. The lowest BCUT2D eigenvalue weighted by molar-refractivity contribution is -0.386. The molecule has 0 aliphatic rings. The van der Waals surface area contributed by atoms with Crippen LogP contribution in [0.3, 0.4) is 0 Å². The van der Waals surface area contributed by atoms with E-state index in [2.05, 4.69) is 0 Å². The van der Waals surface area contributed by atoms with Gasteiger partial charge in [0, 0.05) is 5.02 Å². The van der Waals surface area contributed by atoms with Gasteiger partial charge in [-0.2, -0.15) is 0 Å². The summed E-state index contributed by atoms with van der Waals surface area (Å²) in [6, 6.07) is 2.76. The fourth-order valence-corrected chi connectivity index (χ4v) is 2.25. The van der Waals surface area contributed by atoms with E-state index in [-0.39, 0.29) is 17.0 Å². The summed E-state index contributed by atoms with van der Waals surface area (Å²) in [6.45, 7) is 1.27. The van der Waals surface area contributed by atoms with E-state index in [1.54, 1.807) is 22.6 Å². The van der Waals surface area contributed by atoms with Crippen LogP contribution in [0, 0.1) is 13.7 Å². The number of halogens is 2. The number of nitro benzene ring substituents is 1. The molecule has 0 aliphatic carbocycles. The van der Waals surface area contributed by atoms with Crippen molar-refractivity contribution in [1.82, 2.24) is 0 Å². The van der Waals surface area contributed by atoms with Crippen LogP contribution in [0.5, 0.6) is 0 Å². The van der Waals surface area contributed by atoms with Crippen molar-refractivity contribution in [2.45, 2.75) is 6.92 Å². The SMILES string of the molecule is CC(=O)c1cc(Cl)cc(I)c1[N+](=O)[O-]. The fourth-order valence-electron chi connectivity index (χ4n) is 1.02. The third-order valence-electron chi connectivity index (χ3n) is 1.59. The minimum Gasteiger partial charge on any atom is -0.294 e. The molecular weight excluding hydrogens is 320 g/mol. The standard InChI is InChI=1S/C8H5ClINO3/c1-4(12)6-2-5(9)3-7(10)8(6)11(13)14/h2-3H,1H3. The van der Waals surface area contributed by atoms with Crippen molar-refractivity contribution in [1.29, 1.82) is 0 Å². The molecule has 0 spiro atoms. The third kappa shape index (κ3) is 2.21. The molecule has 0 saturated heterocycles. The van der Waals surface area contributed by atoms with Gasteiger partial charge in [-0.15, -0.1) is 0 Å². The van der Waals surface area contributed by atoms with Gasteiger partial charge in [0.15, 0.2) is 5.78 Å². The Bertz CT molecular complexity index is 419. The van der Waals surface area contributed by atoms with Gasteiger partial charge in [0.2, 0.25) is 0 Å². The number of Topliss-reactive ketones (excluding diaryl/α,β-unsaturated/α-hetero) is 1. The molecule has 0 N–H and O–H groups in total. The normalized spacial score (nSPS) is 9.93. The highest BCUT2D eigenvalue weighted by atomic mass is 127. The van der Waals surface area contributed by atoms with Gasteiger partial charge in [-0.05, 0) is 41.6 Å². The Morgan fingerprint density at radius 2 is 2.14 bits per heavy atom. The maximum atomic E-state index is 11.1. The summed E-state index contributed by atoms with van der Waals surface area (Å²) in [4.78, 5) is 21.2. The van der Waals surface area contributed by atoms with Crippen LogP contribution in [0.1, 0.15) is 17.3 Å². The third-order valence-corrected chi connectivity index (χ3v) is 2.63. The second kappa shape index (κ2) is 4.22. The van der Waals surface area contributed by atoms with Crippen molar-refractivity contribution in [3.63, 3.8) is 0 Å². The molecule has 1 aromatic rings. The largest absolute Gasteiger partial charge is 0.294 e. The highest BCUT2D eigenvalue weighted by molar-refractivity contribution is 14.1. The van der Waals surface area contributed by atoms with E-state index >= 15 is 0 Å². The summed E-state index contributed by atoms with van der Waals surface area (Å²) >= 11 is 7.47. The van der Waals surface area contributed by atoms with Crippen LogP contribution in [-0.2, 0) is 0 Å². The molecule has 14 heavy (non-hydrogen) atoms. The zero-order valence-corrected chi connectivity index (χ0v) is 10.00. The van der Waals surface area contributed by atoms with Gasteiger partial charge in [0.25, 0.3) is 5.69 Å². The topological polar surface area (TPSA) is 60.2 Å². The Kier molecular flexibility index (Phi) is 3.43. The van der Waals surface area contributed by atoms with Crippen LogP contribution < -0.4 is 0 Å². The summed E-state index contributed by atoms with van der Waals surface area (Å²) < 4.78 is 0.366. The predicted octanol–water partition coefficient (Wildman–Crippen LogP) is 3.06. The minimum atomic E-state index is -0.575. The molecule has 4 nitrogen and oxygen atoms in total. The lowest BCUT2D eigenvalue weighted by atomic mass is 10.1. The lowest BCUT2D eigenvalue weighted by Gasteiger charge is -2.01.